The Morgan fingerprint density at radius 2 is 1.72 bits per heavy atom. The average molecular weight is 258 g/mol. The van der Waals surface area contributed by atoms with Crippen LogP contribution < -0.4 is 0 Å². The molecule has 100 valence electrons. The number of hydrogen-bond acceptors (Lipinski definition) is 1. The van der Waals surface area contributed by atoms with Gasteiger partial charge in [-0.3, -0.25) is 0 Å². The van der Waals surface area contributed by atoms with Crippen molar-refractivity contribution in [1.29, 1.82) is 0 Å². The Kier molecular flexibility index (Phi) is 3.41. The zero-order valence-electron chi connectivity index (χ0n) is 10.3. The maximum Gasteiger partial charge on any atom is 0.416 e. The largest absolute Gasteiger partial charge is 0.416 e. The van der Waals surface area contributed by atoms with Gasteiger partial charge in [-0.05, 0) is 30.9 Å². The molecule has 1 atom stereocenters. The van der Waals surface area contributed by atoms with Crippen molar-refractivity contribution >= 4 is 0 Å². The minimum absolute atomic E-state index is 0.00981. The molecule has 0 amide bonds. The molecule has 0 radical (unpaired) electrons. The lowest BCUT2D eigenvalue weighted by molar-refractivity contribution is -0.141. The Bertz CT molecular complexity index is 419. The number of halogens is 3. The molecule has 0 heterocycles. The van der Waals surface area contributed by atoms with Gasteiger partial charge in [0.1, 0.15) is 0 Å². The second-order valence-corrected chi connectivity index (χ2v) is 5.32. The smallest absolute Gasteiger partial charge is 0.385 e. The topological polar surface area (TPSA) is 20.2 Å². The molecule has 18 heavy (non-hydrogen) atoms. The number of rotatable bonds is 3. The summed E-state index contributed by atoms with van der Waals surface area (Å²) >= 11 is 0. The van der Waals surface area contributed by atoms with Crippen molar-refractivity contribution in [3.05, 3.63) is 35.4 Å². The van der Waals surface area contributed by atoms with Crippen LogP contribution in [-0.4, -0.2) is 5.11 Å². The molecular weight excluding hydrogens is 241 g/mol. The fraction of sp³-hybridized carbons (Fsp3) is 0.571. The minimum Gasteiger partial charge on any atom is -0.385 e. The first kappa shape index (κ1) is 13.4. The van der Waals surface area contributed by atoms with Crippen LogP contribution in [0.3, 0.4) is 0 Å². The lowest BCUT2D eigenvalue weighted by Crippen LogP contribution is -2.30. The lowest BCUT2D eigenvalue weighted by atomic mass is 9.75. The van der Waals surface area contributed by atoms with Gasteiger partial charge in [-0.2, -0.15) is 13.2 Å². The summed E-state index contributed by atoms with van der Waals surface area (Å²) in [4.78, 5) is 0. The van der Waals surface area contributed by atoms with E-state index in [4.69, 9.17) is 0 Å². The van der Waals surface area contributed by atoms with E-state index in [0.29, 0.717) is 12.3 Å². The summed E-state index contributed by atoms with van der Waals surface area (Å²) in [5.41, 5.74) is -2.14. The highest BCUT2D eigenvalue weighted by molar-refractivity contribution is 5.34. The third-order valence-corrected chi connectivity index (χ3v) is 3.72. The normalized spacial score (nSPS) is 20.3. The molecule has 1 unspecified atom stereocenters. The zero-order chi connectivity index (χ0) is 13.4. The van der Waals surface area contributed by atoms with E-state index in [9.17, 15) is 18.3 Å². The zero-order valence-corrected chi connectivity index (χ0v) is 10.3. The maximum absolute atomic E-state index is 12.9. The van der Waals surface area contributed by atoms with Crippen molar-refractivity contribution in [3.8, 4) is 0 Å². The molecule has 4 heteroatoms. The first-order valence-corrected chi connectivity index (χ1v) is 6.20. The number of alkyl halides is 3. The highest BCUT2D eigenvalue weighted by Gasteiger charge is 2.39. The van der Waals surface area contributed by atoms with Crippen LogP contribution >= 0.6 is 0 Å². The molecule has 1 saturated carbocycles. The van der Waals surface area contributed by atoms with Crippen LogP contribution in [0.1, 0.15) is 43.7 Å². The molecule has 1 aliphatic carbocycles. The molecule has 2 rings (SSSR count). The lowest BCUT2D eigenvalue weighted by Gasteiger charge is -2.35. The van der Waals surface area contributed by atoms with Crippen molar-refractivity contribution in [2.24, 2.45) is 5.92 Å². The summed E-state index contributed by atoms with van der Waals surface area (Å²) in [6.07, 6.45) is -0.892. The van der Waals surface area contributed by atoms with Gasteiger partial charge in [0, 0.05) is 0 Å². The fourth-order valence-corrected chi connectivity index (χ4v) is 2.57. The van der Waals surface area contributed by atoms with Gasteiger partial charge in [0.2, 0.25) is 0 Å². The van der Waals surface area contributed by atoms with Crippen LogP contribution in [0.5, 0.6) is 0 Å². The Hall–Kier alpha value is -1.03. The average Bonchev–Trinajstić information content (AvgIpc) is 2.23. The molecule has 1 aromatic carbocycles. The van der Waals surface area contributed by atoms with E-state index >= 15 is 0 Å². The molecule has 1 aromatic rings. The van der Waals surface area contributed by atoms with Crippen LogP contribution in [-0.2, 0) is 11.8 Å². The minimum atomic E-state index is -4.42. The van der Waals surface area contributed by atoms with Gasteiger partial charge in [0.15, 0.2) is 0 Å². The highest BCUT2D eigenvalue weighted by atomic mass is 19.4. The maximum atomic E-state index is 12.9. The summed E-state index contributed by atoms with van der Waals surface area (Å²) in [5, 5.41) is 10.4. The predicted molar refractivity (Wildman–Crippen MR) is 63.0 cm³/mol. The van der Waals surface area contributed by atoms with E-state index in [1.54, 1.807) is 6.07 Å². The molecule has 0 saturated heterocycles. The third kappa shape index (κ3) is 2.69. The number of benzene rings is 1. The van der Waals surface area contributed by atoms with E-state index in [2.05, 4.69) is 0 Å². The Morgan fingerprint density at radius 3 is 2.17 bits per heavy atom. The summed E-state index contributed by atoms with van der Waals surface area (Å²) in [6.45, 7) is 1.48. The van der Waals surface area contributed by atoms with Crippen LogP contribution in [0, 0.1) is 5.92 Å². The Balaban J connectivity index is 2.30. The SMILES string of the molecule is CC(O)(CC1CCC1)c1ccccc1C(F)(F)F. The number of hydrogen-bond donors (Lipinski definition) is 1. The Labute approximate surface area is 105 Å². The van der Waals surface area contributed by atoms with E-state index < -0.39 is 17.3 Å². The van der Waals surface area contributed by atoms with Crippen LogP contribution in [0.4, 0.5) is 13.2 Å². The van der Waals surface area contributed by atoms with Gasteiger partial charge in [-0.15, -0.1) is 0 Å². The van der Waals surface area contributed by atoms with E-state index in [1.165, 1.54) is 19.1 Å². The second-order valence-electron chi connectivity index (χ2n) is 5.32. The first-order chi connectivity index (χ1) is 8.31. The monoisotopic (exact) mass is 258 g/mol. The fourth-order valence-electron chi connectivity index (χ4n) is 2.57. The molecule has 1 aliphatic rings. The summed E-state index contributed by atoms with van der Waals surface area (Å²) in [6, 6.07) is 5.30. The first-order valence-electron chi connectivity index (χ1n) is 6.20. The molecule has 1 N–H and O–H groups in total. The van der Waals surface area contributed by atoms with Crippen molar-refractivity contribution in [3.63, 3.8) is 0 Å². The van der Waals surface area contributed by atoms with Gasteiger partial charge in [-0.1, -0.05) is 37.5 Å². The molecule has 0 aliphatic heterocycles. The van der Waals surface area contributed by atoms with Crippen LogP contribution in [0.25, 0.3) is 0 Å². The third-order valence-electron chi connectivity index (χ3n) is 3.72. The van der Waals surface area contributed by atoms with E-state index in [-0.39, 0.29) is 5.56 Å². The summed E-state index contributed by atoms with van der Waals surface area (Å²) in [7, 11) is 0. The van der Waals surface area contributed by atoms with Gasteiger partial charge in [0.05, 0.1) is 11.2 Å². The van der Waals surface area contributed by atoms with Crippen molar-refractivity contribution in [2.45, 2.75) is 44.4 Å². The van der Waals surface area contributed by atoms with Crippen molar-refractivity contribution in [1.82, 2.24) is 0 Å². The van der Waals surface area contributed by atoms with Gasteiger partial charge >= 0.3 is 6.18 Å². The van der Waals surface area contributed by atoms with Crippen molar-refractivity contribution < 1.29 is 18.3 Å². The number of aliphatic hydroxyl groups is 1. The van der Waals surface area contributed by atoms with Gasteiger partial charge < -0.3 is 5.11 Å². The summed E-state index contributed by atoms with van der Waals surface area (Å²) in [5.74, 6) is 0.348. The molecule has 0 bridgehead atoms. The van der Waals surface area contributed by atoms with Crippen LogP contribution in [0.2, 0.25) is 0 Å². The van der Waals surface area contributed by atoms with Gasteiger partial charge in [-0.25, -0.2) is 0 Å². The molecule has 1 nitrogen and oxygen atoms in total. The standard InChI is InChI=1S/C14H17F3O/c1-13(18,9-10-5-4-6-10)11-7-2-3-8-12(11)14(15,16)17/h2-3,7-8,10,18H,4-6,9H2,1H3. The quantitative estimate of drug-likeness (QED) is 0.865. The van der Waals surface area contributed by atoms with E-state index in [0.717, 1.165) is 25.3 Å². The molecule has 1 fully saturated rings. The molecule has 0 aromatic heterocycles. The van der Waals surface area contributed by atoms with Gasteiger partial charge in [0.25, 0.3) is 0 Å². The molecule has 0 spiro atoms. The van der Waals surface area contributed by atoms with Crippen LogP contribution in [0.15, 0.2) is 24.3 Å². The second kappa shape index (κ2) is 4.57. The molecular formula is C14H17F3O. The van der Waals surface area contributed by atoms with Crippen molar-refractivity contribution in [2.75, 3.05) is 0 Å². The summed E-state index contributed by atoms with van der Waals surface area (Å²) < 4.78 is 38.7. The Morgan fingerprint density at radius 1 is 1.17 bits per heavy atom. The van der Waals surface area contributed by atoms with E-state index in [1.807, 2.05) is 0 Å². The predicted octanol–water partition coefficient (Wildman–Crippen LogP) is 4.10. The highest BCUT2D eigenvalue weighted by Crippen LogP contribution is 2.42.